The van der Waals surface area contributed by atoms with Crippen molar-refractivity contribution in [1.29, 1.82) is 0 Å². The van der Waals surface area contributed by atoms with E-state index in [0.717, 1.165) is 30.3 Å². The van der Waals surface area contributed by atoms with Crippen molar-refractivity contribution >= 4 is 5.69 Å². The molecule has 1 aromatic carbocycles. The van der Waals surface area contributed by atoms with Gasteiger partial charge in [0.05, 0.1) is 0 Å². The molecule has 3 heteroatoms. The number of hydrogen-bond donors (Lipinski definition) is 1. The van der Waals surface area contributed by atoms with Gasteiger partial charge in [-0.3, -0.25) is 0 Å². The number of nitrogens with zero attached hydrogens (tertiary/aromatic N) is 1. The van der Waals surface area contributed by atoms with Crippen LogP contribution < -0.4 is 10.2 Å². The van der Waals surface area contributed by atoms with Gasteiger partial charge < -0.3 is 10.2 Å². The second kappa shape index (κ2) is 4.88. The van der Waals surface area contributed by atoms with E-state index in [-0.39, 0.29) is 5.82 Å². The van der Waals surface area contributed by atoms with Gasteiger partial charge in [-0.1, -0.05) is 0 Å². The van der Waals surface area contributed by atoms with E-state index in [9.17, 15) is 4.39 Å². The van der Waals surface area contributed by atoms with Crippen LogP contribution in [0, 0.1) is 11.7 Å². The molecule has 2 saturated carbocycles. The smallest absolute Gasteiger partial charge is 0.125 e. The molecule has 0 radical (unpaired) electrons. The first-order valence-corrected chi connectivity index (χ1v) is 6.95. The zero-order valence-electron chi connectivity index (χ0n) is 11.0. The molecule has 18 heavy (non-hydrogen) atoms. The molecule has 0 heterocycles. The summed E-state index contributed by atoms with van der Waals surface area (Å²) in [5.41, 5.74) is 2.06. The minimum atomic E-state index is -0.122. The van der Waals surface area contributed by atoms with Crippen LogP contribution in [0.2, 0.25) is 0 Å². The van der Waals surface area contributed by atoms with Crippen LogP contribution >= 0.6 is 0 Å². The van der Waals surface area contributed by atoms with E-state index in [1.54, 1.807) is 12.1 Å². The highest BCUT2D eigenvalue weighted by molar-refractivity contribution is 5.48. The average Bonchev–Trinajstić information content (AvgIpc) is 3.20. The highest BCUT2D eigenvalue weighted by atomic mass is 19.1. The van der Waals surface area contributed by atoms with Gasteiger partial charge in [0.25, 0.3) is 0 Å². The van der Waals surface area contributed by atoms with Crippen LogP contribution in [-0.2, 0) is 6.54 Å². The SMILES string of the molecule is CN(CC1CC1)c1cc(F)cc(CNC2CC2)c1. The lowest BCUT2D eigenvalue weighted by Gasteiger charge is -2.20. The fraction of sp³-hybridized carbons (Fsp3) is 0.600. The fourth-order valence-corrected chi connectivity index (χ4v) is 2.30. The van der Waals surface area contributed by atoms with Crippen molar-refractivity contribution in [2.24, 2.45) is 5.92 Å². The lowest BCUT2D eigenvalue weighted by molar-refractivity contribution is 0.618. The highest BCUT2D eigenvalue weighted by Crippen LogP contribution is 2.31. The molecule has 0 atom stereocenters. The summed E-state index contributed by atoms with van der Waals surface area (Å²) in [5.74, 6) is 0.703. The third kappa shape index (κ3) is 3.22. The van der Waals surface area contributed by atoms with Crippen molar-refractivity contribution in [3.05, 3.63) is 29.6 Å². The minimum absolute atomic E-state index is 0.122. The van der Waals surface area contributed by atoms with E-state index >= 15 is 0 Å². The van der Waals surface area contributed by atoms with Crippen LogP contribution in [0.5, 0.6) is 0 Å². The van der Waals surface area contributed by atoms with Crippen LogP contribution in [0.3, 0.4) is 0 Å². The van der Waals surface area contributed by atoms with Gasteiger partial charge in [-0.15, -0.1) is 0 Å². The molecule has 0 spiro atoms. The first-order valence-electron chi connectivity index (χ1n) is 6.95. The first kappa shape index (κ1) is 12.0. The molecule has 0 aliphatic heterocycles. The Morgan fingerprint density at radius 2 is 2.00 bits per heavy atom. The Labute approximate surface area is 108 Å². The minimum Gasteiger partial charge on any atom is -0.374 e. The van der Waals surface area contributed by atoms with Crippen molar-refractivity contribution in [2.75, 3.05) is 18.5 Å². The number of benzene rings is 1. The number of hydrogen-bond acceptors (Lipinski definition) is 2. The molecular formula is C15H21FN2. The fourth-order valence-electron chi connectivity index (χ4n) is 2.30. The Kier molecular flexibility index (Phi) is 3.25. The molecule has 1 N–H and O–H groups in total. The summed E-state index contributed by atoms with van der Waals surface area (Å²) in [6.45, 7) is 1.84. The monoisotopic (exact) mass is 248 g/mol. The Hall–Kier alpha value is -1.09. The van der Waals surface area contributed by atoms with E-state index in [0.29, 0.717) is 6.04 Å². The summed E-state index contributed by atoms with van der Waals surface area (Å²) in [6.07, 6.45) is 5.19. The summed E-state index contributed by atoms with van der Waals surface area (Å²) < 4.78 is 13.6. The topological polar surface area (TPSA) is 15.3 Å². The molecule has 2 nitrogen and oxygen atoms in total. The number of anilines is 1. The van der Waals surface area contributed by atoms with Gasteiger partial charge in [0.15, 0.2) is 0 Å². The Bertz CT molecular complexity index is 425. The van der Waals surface area contributed by atoms with Gasteiger partial charge in [-0.2, -0.15) is 0 Å². The quantitative estimate of drug-likeness (QED) is 0.832. The molecule has 1 aromatic rings. The predicted molar refractivity (Wildman–Crippen MR) is 72.3 cm³/mol. The van der Waals surface area contributed by atoms with Crippen LogP contribution in [0.4, 0.5) is 10.1 Å². The van der Waals surface area contributed by atoms with Crippen molar-refractivity contribution in [1.82, 2.24) is 5.32 Å². The summed E-state index contributed by atoms with van der Waals surface area (Å²) in [4.78, 5) is 2.18. The van der Waals surface area contributed by atoms with Crippen molar-refractivity contribution in [3.63, 3.8) is 0 Å². The van der Waals surface area contributed by atoms with Gasteiger partial charge in [0.1, 0.15) is 5.82 Å². The standard InChI is InChI=1S/C15H21FN2/c1-18(10-11-2-3-11)15-7-12(6-13(16)8-15)9-17-14-4-5-14/h6-8,11,14,17H,2-5,9-10H2,1H3. The molecule has 2 aliphatic carbocycles. The molecular weight excluding hydrogens is 227 g/mol. The summed E-state index contributed by atoms with van der Waals surface area (Å²) >= 11 is 0. The predicted octanol–water partition coefficient (Wildman–Crippen LogP) is 2.92. The van der Waals surface area contributed by atoms with Crippen LogP contribution in [-0.4, -0.2) is 19.6 Å². The molecule has 0 bridgehead atoms. The molecule has 0 unspecified atom stereocenters. The van der Waals surface area contributed by atoms with Gasteiger partial charge in [0.2, 0.25) is 0 Å². The molecule has 2 aliphatic rings. The summed E-state index contributed by atoms with van der Waals surface area (Å²) in [7, 11) is 2.06. The van der Waals surface area contributed by atoms with E-state index < -0.39 is 0 Å². The van der Waals surface area contributed by atoms with E-state index in [4.69, 9.17) is 0 Å². The molecule has 0 aromatic heterocycles. The Balaban J connectivity index is 1.67. The number of nitrogens with one attached hydrogen (secondary N) is 1. The normalized spacial score (nSPS) is 19.0. The molecule has 0 amide bonds. The maximum Gasteiger partial charge on any atom is 0.125 e. The van der Waals surface area contributed by atoms with Crippen LogP contribution in [0.15, 0.2) is 18.2 Å². The van der Waals surface area contributed by atoms with Crippen molar-refractivity contribution in [3.8, 4) is 0 Å². The molecule has 2 fully saturated rings. The van der Waals surface area contributed by atoms with E-state index in [2.05, 4.69) is 23.3 Å². The first-order chi connectivity index (χ1) is 8.70. The molecule has 98 valence electrons. The Morgan fingerprint density at radius 3 is 2.67 bits per heavy atom. The van der Waals surface area contributed by atoms with Crippen molar-refractivity contribution in [2.45, 2.75) is 38.3 Å². The van der Waals surface area contributed by atoms with Gasteiger partial charge in [0, 0.05) is 31.9 Å². The zero-order valence-corrected chi connectivity index (χ0v) is 11.0. The number of halogens is 1. The molecule has 3 rings (SSSR count). The van der Waals surface area contributed by atoms with E-state index in [1.807, 2.05) is 0 Å². The summed E-state index contributed by atoms with van der Waals surface area (Å²) in [6, 6.07) is 6.06. The average molecular weight is 248 g/mol. The van der Waals surface area contributed by atoms with Gasteiger partial charge in [-0.25, -0.2) is 4.39 Å². The van der Waals surface area contributed by atoms with E-state index in [1.165, 1.54) is 25.7 Å². The summed E-state index contributed by atoms with van der Waals surface area (Å²) in [5, 5.41) is 3.43. The van der Waals surface area contributed by atoms with Crippen molar-refractivity contribution < 1.29 is 4.39 Å². The van der Waals surface area contributed by atoms with Gasteiger partial charge >= 0.3 is 0 Å². The third-order valence-electron chi connectivity index (χ3n) is 3.78. The highest BCUT2D eigenvalue weighted by Gasteiger charge is 2.23. The maximum absolute atomic E-state index is 13.6. The number of rotatable bonds is 6. The second-order valence-corrected chi connectivity index (χ2v) is 5.80. The lowest BCUT2D eigenvalue weighted by Crippen LogP contribution is -2.21. The lowest BCUT2D eigenvalue weighted by atomic mass is 10.1. The zero-order chi connectivity index (χ0) is 12.5. The molecule has 0 saturated heterocycles. The van der Waals surface area contributed by atoms with Gasteiger partial charge in [-0.05, 0) is 55.4 Å². The Morgan fingerprint density at radius 1 is 1.22 bits per heavy atom. The van der Waals surface area contributed by atoms with Crippen LogP contribution in [0.1, 0.15) is 31.2 Å². The second-order valence-electron chi connectivity index (χ2n) is 5.80. The largest absolute Gasteiger partial charge is 0.374 e. The maximum atomic E-state index is 13.6. The third-order valence-corrected chi connectivity index (χ3v) is 3.78. The van der Waals surface area contributed by atoms with Crippen LogP contribution in [0.25, 0.3) is 0 Å².